The number of aromatic hydroxyl groups is 1. The third-order valence-corrected chi connectivity index (χ3v) is 5.94. The first-order valence-electron chi connectivity index (χ1n) is 8.56. The van der Waals surface area contributed by atoms with Crippen LogP contribution in [0.4, 0.5) is 0 Å². The molecule has 2 atom stereocenters. The van der Waals surface area contributed by atoms with Crippen LogP contribution in [0.5, 0.6) is 11.6 Å². The van der Waals surface area contributed by atoms with Gasteiger partial charge in [0.05, 0.1) is 18.0 Å². The van der Waals surface area contributed by atoms with Crippen LogP contribution in [0.2, 0.25) is 0 Å². The maximum absolute atomic E-state index is 10.7. The SMILES string of the molecule is COc1cccc([C@H](c2sc3ncnn3c2O)N2CCC[C@H](C)C2)c1. The molecule has 1 aliphatic heterocycles. The largest absolute Gasteiger partial charge is 0.497 e. The van der Waals surface area contributed by atoms with E-state index in [9.17, 15) is 5.11 Å². The van der Waals surface area contributed by atoms with Gasteiger partial charge in [-0.25, -0.2) is 4.98 Å². The Hall–Kier alpha value is -2.12. The smallest absolute Gasteiger partial charge is 0.230 e. The average molecular weight is 358 g/mol. The minimum absolute atomic E-state index is 0.0219. The van der Waals surface area contributed by atoms with Crippen molar-refractivity contribution < 1.29 is 9.84 Å². The maximum Gasteiger partial charge on any atom is 0.230 e. The number of rotatable bonds is 4. The molecule has 132 valence electrons. The van der Waals surface area contributed by atoms with Crippen molar-refractivity contribution in [1.82, 2.24) is 19.5 Å². The fourth-order valence-corrected chi connectivity index (χ4v) is 4.76. The number of methoxy groups -OCH3 is 1. The Morgan fingerprint density at radius 1 is 1.40 bits per heavy atom. The van der Waals surface area contributed by atoms with E-state index in [0.29, 0.717) is 10.9 Å². The van der Waals surface area contributed by atoms with Crippen LogP contribution < -0.4 is 4.74 Å². The Labute approximate surface area is 150 Å². The molecule has 3 aromatic rings. The van der Waals surface area contributed by atoms with Gasteiger partial charge in [0, 0.05) is 6.54 Å². The minimum Gasteiger partial charge on any atom is -0.497 e. The van der Waals surface area contributed by atoms with Crippen LogP contribution in [0.15, 0.2) is 30.6 Å². The molecule has 1 N–H and O–H groups in total. The minimum atomic E-state index is -0.0219. The molecule has 3 heterocycles. The number of nitrogens with zero attached hydrogens (tertiary/aromatic N) is 4. The molecule has 0 amide bonds. The third kappa shape index (κ3) is 2.98. The van der Waals surface area contributed by atoms with Gasteiger partial charge in [0.2, 0.25) is 10.8 Å². The van der Waals surface area contributed by atoms with E-state index in [-0.39, 0.29) is 11.9 Å². The Morgan fingerprint density at radius 3 is 3.04 bits per heavy atom. The summed E-state index contributed by atoms with van der Waals surface area (Å²) in [6.45, 7) is 4.31. The van der Waals surface area contributed by atoms with Gasteiger partial charge in [-0.2, -0.15) is 9.61 Å². The van der Waals surface area contributed by atoms with Crippen molar-refractivity contribution in [3.05, 3.63) is 41.0 Å². The van der Waals surface area contributed by atoms with Crippen LogP contribution >= 0.6 is 11.3 Å². The molecular weight excluding hydrogens is 336 g/mol. The molecular formula is C18H22N4O2S. The van der Waals surface area contributed by atoms with E-state index in [0.717, 1.165) is 29.3 Å². The number of aromatic nitrogens is 3. The Morgan fingerprint density at radius 2 is 2.28 bits per heavy atom. The van der Waals surface area contributed by atoms with Gasteiger partial charge in [-0.15, -0.1) is 0 Å². The predicted octanol–water partition coefficient (Wildman–Crippen LogP) is 3.33. The highest BCUT2D eigenvalue weighted by Gasteiger charge is 2.31. The summed E-state index contributed by atoms with van der Waals surface area (Å²) in [5.74, 6) is 1.65. The van der Waals surface area contributed by atoms with Crippen LogP contribution in [0.3, 0.4) is 0 Å². The molecule has 1 aliphatic rings. The summed E-state index contributed by atoms with van der Waals surface area (Å²) in [5, 5.41) is 14.9. The Kier molecular flexibility index (Phi) is 4.35. The summed E-state index contributed by atoms with van der Waals surface area (Å²) in [5.41, 5.74) is 1.12. The lowest BCUT2D eigenvalue weighted by molar-refractivity contribution is 0.149. The van der Waals surface area contributed by atoms with Crippen LogP contribution in [-0.4, -0.2) is 44.8 Å². The van der Waals surface area contributed by atoms with Gasteiger partial charge in [-0.05, 0) is 43.0 Å². The molecule has 7 heteroatoms. The number of benzene rings is 1. The fraction of sp³-hybridized carbons (Fsp3) is 0.444. The lowest BCUT2D eigenvalue weighted by Gasteiger charge is -2.37. The summed E-state index contributed by atoms with van der Waals surface area (Å²) in [6, 6.07) is 8.08. The number of thiazole rings is 1. The lowest BCUT2D eigenvalue weighted by atomic mass is 9.95. The van der Waals surface area contributed by atoms with Crippen molar-refractivity contribution in [1.29, 1.82) is 0 Å². The van der Waals surface area contributed by atoms with E-state index in [1.807, 2.05) is 12.1 Å². The third-order valence-electron chi connectivity index (χ3n) is 4.85. The molecule has 0 aliphatic carbocycles. The standard InChI is InChI=1S/C18H22N4O2S/c1-12-5-4-8-21(10-12)15(13-6-3-7-14(9-13)24-2)16-17(23)22-18(25-16)19-11-20-22/h3,6-7,9,11-12,15,23H,4-5,8,10H2,1-2H3/t12-,15+/m0/s1. The lowest BCUT2D eigenvalue weighted by Crippen LogP contribution is -2.37. The van der Waals surface area contributed by atoms with Crippen molar-refractivity contribution in [3.8, 4) is 11.6 Å². The van der Waals surface area contributed by atoms with Gasteiger partial charge in [0.25, 0.3) is 0 Å². The summed E-state index contributed by atoms with van der Waals surface area (Å²) in [7, 11) is 1.68. The zero-order valence-corrected chi connectivity index (χ0v) is 15.2. The summed E-state index contributed by atoms with van der Waals surface area (Å²) in [6.07, 6.45) is 3.89. The zero-order chi connectivity index (χ0) is 17.4. The normalized spacial score (nSPS) is 20.0. The van der Waals surface area contributed by atoms with Crippen molar-refractivity contribution in [2.24, 2.45) is 5.92 Å². The molecule has 4 rings (SSSR count). The molecule has 2 aromatic heterocycles. The summed E-state index contributed by atoms with van der Waals surface area (Å²) in [4.78, 5) is 8.29. The highest BCUT2D eigenvalue weighted by atomic mass is 32.1. The second-order valence-electron chi connectivity index (χ2n) is 6.67. The van der Waals surface area contributed by atoms with Gasteiger partial charge >= 0.3 is 0 Å². The van der Waals surface area contributed by atoms with E-state index >= 15 is 0 Å². The highest BCUT2D eigenvalue weighted by Crippen LogP contribution is 2.41. The van der Waals surface area contributed by atoms with Crippen LogP contribution in [0.1, 0.15) is 36.2 Å². The van der Waals surface area contributed by atoms with Gasteiger partial charge < -0.3 is 9.84 Å². The second-order valence-corrected chi connectivity index (χ2v) is 7.67. The predicted molar refractivity (Wildman–Crippen MR) is 97.3 cm³/mol. The molecule has 1 saturated heterocycles. The molecule has 25 heavy (non-hydrogen) atoms. The quantitative estimate of drug-likeness (QED) is 0.775. The van der Waals surface area contributed by atoms with Gasteiger partial charge in [-0.1, -0.05) is 30.4 Å². The van der Waals surface area contributed by atoms with E-state index < -0.39 is 0 Å². The van der Waals surface area contributed by atoms with E-state index in [4.69, 9.17) is 4.74 Å². The van der Waals surface area contributed by atoms with Gasteiger partial charge in [0.15, 0.2) is 0 Å². The average Bonchev–Trinajstić information content (AvgIpc) is 3.19. The van der Waals surface area contributed by atoms with Crippen molar-refractivity contribution in [2.75, 3.05) is 20.2 Å². The van der Waals surface area contributed by atoms with Crippen LogP contribution in [-0.2, 0) is 0 Å². The van der Waals surface area contributed by atoms with Crippen molar-refractivity contribution >= 4 is 16.3 Å². The first kappa shape index (κ1) is 16.4. The fourth-order valence-electron chi connectivity index (χ4n) is 3.67. The second kappa shape index (κ2) is 6.65. The van der Waals surface area contributed by atoms with E-state index in [1.54, 1.807) is 7.11 Å². The van der Waals surface area contributed by atoms with Gasteiger partial charge in [0.1, 0.15) is 12.1 Å². The van der Waals surface area contributed by atoms with E-state index in [2.05, 4.69) is 34.0 Å². The highest BCUT2D eigenvalue weighted by molar-refractivity contribution is 7.17. The van der Waals surface area contributed by atoms with Crippen LogP contribution in [0.25, 0.3) is 4.96 Å². The maximum atomic E-state index is 10.7. The molecule has 0 saturated carbocycles. The number of hydrogen-bond donors (Lipinski definition) is 1. The zero-order valence-electron chi connectivity index (χ0n) is 14.4. The van der Waals surface area contributed by atoms with Crippen molar-refractivity contribution in [3.63, 3.8) is 0 Å². The van der Waals surface area contributed by atoms with Crippen molar-refractivity contribution in [2.45, 2.75) is 25.8 Å². The molecule has 0 spiro atoms. The molecule has 0 radical (unpaired) electrons. The number of likely N-dealkylation sites (tertiary alicyclic amines) is 1. The Bertz CT molecular complexity index is 875. The first-order chi connectivity index (χ1) is 12.2. The number of hydrogen-bond acceptors (Lipinski definition) is 6. The summed E-state index contributed by atoms with van der Waals surface area (Å²) >= 11 is 1.50. The number of fused-ring (bicyclic) bond motifs is 1. The molecule has 0 bridgehead atoms. The van der Waals surface area contributed by atoms with Gasteiger partial charge in [-0.3, -0.25) is 4.90 Å². The molecule has 1 aromatic carbocycles. The molecule has 0 unspecified atom stereocenters. The van der Waals surface area contributed by atoms with E-state index in [1.165, 1.54) is 35.0 Å². The number of ether oxygens (including phenoxy) is 1. The molecule has 1 fully saturated rings. The Balaban J connectivity index is 1.82. The number of piperidine rings is 1. The topological polar surface area (TPSA) is 62.9 Å². The van der Waals surface area contributed by atoms with Crippen LogP contribution in [0, 0.1) is 5.92 Å². The monoisotopic (exact) mass is 358 g/mol. The first-order valence-corrected chi connectivity index (χ1v) is 9.38. The summed E-state index contributed by atoms with van der Waals surface area (Å²) < 4.78 is 6.93. The molecule has 6 nitrogen and oxygen atoms in total.